The summed E-state index contributed by atoms with van der Waals surface area (Å²) < 4.78 is 28.1. The van der Waals surface area contributed by atoms with E-state index in [2.05, 4.69) is 15.6 Å². The molecule has 2 aromatic carbocycles. The van der Waals surface area contributed by atoms with E-state index in [0.29, 0.717) is 28.5 Å². The van der Waals surface area contributed by atoms with E-state index in [-0.39, 0.29) is 15.2 Å². The highest BCUT2D eigenvalue weighted by atomic mass is 35.5. The Morgan fingerprint density at radius 3 is 2.55 bits per heavy atom. The van der Waals surface area contributed by atoms with Crippen molar-refractivity contribution >= 4 is 67.1 Å². The van der Waals surface area contributed by atoms with Crippen LogP contribution in [0.25, 0.3) is 10.9 Å². The Balaban J connectivity index is 1.85. The number of fused-ring (bicyclic) bond motifs is 1. The Labute approximate surface area is 194 Å². The molecule has 0 bridgehead atoms. The van der Waals surface area contributed by atoms with Gasteiger partial charge in [-0.15, -0.1) is 0 Å². The summed E-state index contributed by atoms with van der Waals surface area (Å²) in [6.07, 6.45) is 1.62. The van der Waals surface area contributed by atoms with E-state index in [1.165, 1.54) is 16.1 Å². The molecule has 2 N–H and O–H groups in total. The summed E-state index contributed by atoms with van der Waals surface area (Å²) in [6.45, 7) is 0.508. The van der Waals surface area contributed by atoms with Gasteiger partial charge in [0.05, 0.1) is 16.1 Å². The van der Waals surface area contributed by atoms with Gasteiger partial charge in [-0.05, 0) is 55.1 Å². The molecule has 4 rings (SSSR count). The van der Waals surface area contributed by atoms with E-state index in [4.69, 9.17) is 34.8 Å². The molecule has 0 saturated heterocycles. The lowest BCUT2D eigenvalue weighted by Crippen LogP contribution is -2.12. The van der Waals surface area contributed by atoms with E-state index in [0.717, 1.165) is 10.9 Å². The Morgan fingerprint density at radius 2 is 1.84 bits per heavy atom. The molecular formula is C21H17Cl3N4O2S. The molecular weight excluding hydrogens is 479 g/mol. The van der Waals surface area contributed by atoms with Gasteiger partial charge in [0.15, 0.2) is 5.15 Å². The first kappa shape index (κ1) is 21.9. The fraction of sp³-hybridized carbons (Fsp3) is 0.0952. The normalized spacial score (nSPS) is 11.7. The number of nitrogens with zero attached hydrogens (tertiary/aromatic N) is 2. The molecule has 31 heavy (non-hydrogen) atoms. The van der Waals surface area contributed by atoms with Crippen LogP contribution in [0, 0.1) is 0 Å². The Hall–Kier alpha value is -2.29. The lowest BCUT2D eigenvalue weighted by molar-refractivity contribution is 0.589. The molecule has 0 spiro atoms. The third-order valence-corrected chi connectivity index (χ3v) is 7.07. The minimum atomic E-state index is -3.87. The first-order valence-corrected chi connectivity index (χ1v) is 11.8. The maximum Gasteiger partial charge on any atom is 0.268 e. The van der Waals surface area contributed by atoms with Crippen molar-refractivity contribution in [2.75, 3.05) is 12.4 Å². The molecule has 0 fully saturated rings. The van der Waals surface area contributed by atoms with Gasteiger partial charge in [0.1, 0.15) is 5.15 Å². The summed E-state index contributed by atoms with van der Waals surface area (Å²) in [5.74, 6) is 0. The van der Waals surface area contributed by atoms with Gasteiger partial charge >= 0.3 is 0 Å². The number of anilines is 2. The number of halogens is 3. The smallest absolute Gasteiger partial charge is 0.268 e. The molecule has 6 nitrogen and oxygen atoms in total. The van der Waals surface area contributed by atoms with Crippen molar-refractivity contribution in [3.05, 3.63) is 81.7 Å². The predicted molar refractivity (Wildman–Crippen MR) is 126 cm³/mol. The van der Waals surface area contributed by atoms with Crippen LogP contribution in [0.4, 0.5) is 11.4 Å². The zero-order chi connectivity index (χ0) is 22.2. The van der Waals surface area contributed by atoms with Crippen molar-refractivity contribution < 1.29 is 8.42 Å². The second-order valence-electron chi connectivity index (χ2n) is 6.77. The number of rotatable bonds is 6. The molecule has 0 radical (unpaired) electrons. The van der Waals surface area contributed by atoms with Crippen LogP contribution in [0.15, 0.2) is 65.7 Å². The summed E-state index contributed by atoms with van der Waals surface area (Å²) in [4.78, 5) is 4.12. The number of nitrogens with one attached hydrogen (secondary N) is 2. The van der Waals surface area contributed by atoms with Crippen molar-refractivity contribution in [2.45, 2.75) is 11.4 Å². The van der Waals surface area contributed by atoms with Gasteiger partial charge < -0.3 is 10.6 Å². The largest absolute Gasteiger partial charge is 0.353 e. The molecule has 4 aromatic rings. The van der Waals surface area contributed by atoms with Crippen LogP contribution in [0.2, 0.25) is 15.3 Å². The van der Waals surface area contributed by atoms with E-state index >= 15 is 0 Å². The first-order chi connectivity index (χ1) is 14.8. The van der Waals surface area contributed by atoms with Crippen LogP contribution in [0.1, 0.15) is 5.56 Å². The maximum absolute atomic E-state index is 13.4. The molecule has 2 heterocycles. The fourth-order valence-corrected chi connectivity index (χ4v) is 5.35. The van der Waals surface area contributed by atoms with E-state index in [9.17, 15) is 8.42 Å². The summed E-state index contributed by atoms with van der Waals surface area (Å²) in [7, 11) is -2.06. The molecule has 0 aliphatic heterocycles. The number of aromatic nitrogens is 2. The van der Waals surface area contributed by atoms with Crippen LogP contribution < -0.4 is 10.6 Å². The average Bonchev–Trinajstić information content (AvgIpc) is 3.09. The second kappa shape index (κ2) is 8.68. The molecule has 0 aliphatic rings. The minimum absolute atomic E-state index is 0.108. The van der Waals surface area contributed by atoms with Crippen molar-refractivity contribution in [3.63, 3.8) is 0 Å². The van der Waals surface area contributed by atoms with Crippen LogP contribution in [0.3, 0.4) is 0 Å². The van der Waals surface area contributed by atoms with E-state index in [1.807, 2.05) is 12.1 Å². The number of hydrogen-bond donors (Lipinski definition) is 2. The van der Waals surface area contributed by atoms with Crippen molar-refractivity contribution in [1.82, 2.24) is 14.3 Å². The highest BCUT2D eigenvalue weighted by molar-refractivity contribution is 7.90. The first-order valence-electron chi connectivity index (χ1n) is 9.18. The van der Waals surface area contributed by atoms with Gasteiger partial charge in [0, 0.05) is 28.8 Å². The predicted octanol–water partition coefficient (Wildman–Crippen LogP) is 5.70. The van der Waals surface area contributed by atoms with Crippen molar-refractivity contribution in [1.29, 1.82) is 0 Å². The number of hydrogen-bond acceptors (Lipinski definition) is 5. The zero-order valence-electron chi connectivity index (χ0n) is 16.2. The second-order valence-corrected chi connectivity index (χ2v) is 9.77. The van der Waals surface area contributed by atoms with E-state index < -0.39 is 10.0 Å². The topological polar surface area (TPSA) is 76.0 Å². The van der Waals surface area contributed by atoms with Gasteiger partial charge in [0.25, 0.3) is 10.0 Å². The quantitative estimate of drug-likeness (QED) is 0.336. The average molecular weight is 496 g/mol. The molecule has 160 valence electrons. The lowest BCUT2D eigenvalue weighted by Gasteiger charge is -2.11. The zero-order valence-corrected chi connectivity index (χ0v) is 19.3. The van der Waals surface area contributed by atoms with Gasteiger partial charge in [0.2, 0.25) is 0 Å². The molecule has 2 aromatic heterocycles. The highest BCUT2D eigenvalue weighted by Gasteiger charge is 2.22. The monoisotopic (exact) mass is 494 g/mol. The summed E-state index contributed by atoms with van der Waals surface area (Å²) in [5.41, 5.74) is 2.57. The molecule has 0 saturated carbocycles. The summed E-state index contributed by atoms with van der Waals surface area (Å²) in [5, 5.41) is 7.89. The molecule has 0 unspecified atom stereocenters. The number of benzene rings is 2. The molecule has 0 atom stereocenters. The van der Waals surface area contributed by atoms with Gasteiger partial charge in [-0.25, -0.2) is 17.4 Å². The van der Waals surface area contributed by atoms with Crippen LogP contribution in [-0.4, -0.2) is 24.4 Å². The van der Waals surface area contributed by atoms with Crippen LogP contribution in [-0.2, 0) is 16.6 Å². The minimum Gasteiger partial charge on any atom is -0.353 e. The fourth-order valence-electron chi connectivity index (χ4n) is 3.28. The summed E-state index contributed by atoms with van der Waals surface area (Å²) >= 11 is 18.1. The van der Waals surface area contributed by atoms with Crippen molar-refractivity contribution in [2.24, 2.45) is 0 Å². The standard InChI is InChI=1S/C21H17Cl3N4O2S/c1-25-11-13-12-28(31(29,30)16-4-2-3-14(22)9-16)19-10-15(5-6-17(13)19)26-18-7-8-20(23)27-21(18)24/h2-10,12,25-26H,11H2,1H3. The Morgan fingerprint density at radius 1 is 1.03 bits per heavy atom. The van der Waals surface area contributed by atoms with Crippen LogP contribution >= 0.6 is 34.8 Å². The molecule has 10 heteroatoms. The van der Waals surface area contributed by atoms with Gasteiger partial charge in [-0.2, -0.15) is 0 Å². The van der Waals surface area contributed by atoms with Crippen LogP contribution in [0.5, 0.6) is 0 Å². The Bertz CT molecular complexity index is 1390. The third-order valence-electron chi connectivity index (χ3n) is 4.67. The van der Waals surface area contributed by atoms with Gasteiger partial charge in [-0.1, -0.05) is 46.9 Å². The SMILES string of the molecule is CNCc1cn(S(=O)(=O)c2cccc(Cl)c2)c2cc(Nc3ccc(Cl)nc3Cl)ccc12. The van der Waals surface area contributed by atoms with Gasteiger partial charge in [-0.3, -0.25) is 0 Å². The number of pyridine rings is 1. The molecule has 0 aliphatic carbocycles. The third kappa shape index (κ3) is 4.37. The summed E-state index contributed by atoms with van der Waals surface area (Å²) in [6, 6.07) is 15.0. The Kier molecular flexibility index (Phi) is 6.14. The highest BCUT2D eigenvalue weighted by Crippen LogP contribution is 2.31. The van der Waals surface area contributed by atoms with Crippen molar-refractivity contribution in [3.8, 4) is 0 Å². The molecule has 0 amide bonds. The van der Waals surface area contributed by atoms with E-state index in [1.54, 1.807) is 43.6 Å². The lowest BCUT2D eigenvalue weighted by atomic mass is 10.1. The maximum atomic E-state index is 13.4.